The van der Waals surface area contributed by atoms with E-state index >= 15 is 0 Å². The second-order valence-corrected chi connectivity index (χ2v) is 12.6. The summed E-state index contributed by atoms with van der Waals surface area (Å²) >= 11 is 0. The van der Waals surface area contributed by atoms with Crippen molar-refractivity contribution in [1.82, 2.24) is 5.32 Å². The summed E-state index contributed by atoms with van der Waals surface area (Å²) < 4.78 is 0. The van der Waals surface area contributed by atoms with Crippen molar-refractivity contribution in [3.05, 3.63) is 71.8 Å². The number of carbonyl (C=O) groups excluding carboxylic acids is 1. The van der Waals surface area contributed by atoms with Crippen LogP contribution in [0, 0.1) is 28.6 Å². The number of hydrogen-bond acceptors (Lipinski definition) is 4. The first-order valence-electron chi connectivity index (χ1n) is 14.4. The number of nitrogens with one attached hydrogen (secondary N) is 1. The Labute approximate surface area is 238 Å². The van der Waals surface area contributed by atoms with E-state index in [4.69, 9.17) is 0 Å². The number of aliphatic imine (C=N–C) groups is 1. The van der Waals surface area contributed by atoms with Crippen LogP contribution in [0.15, 0.2) is 76.8 Å². The fraction of sp³-hybridized carbons (Fsp3) is 0.588. The van der Waals surface area contributed by atoms with Crippen molar-refractivity contribution in [3.63, 3.8) is 0 Å². The molecule has 5 heteroatoms. The molecule has 0 spiro atoms. The number of hydrogen-bond donors (Lipinski definition) is 3. The maximum absolute atomic E-state index is 13.2. The monoisotopic (exact) mass is 538 g/mol. The second kappa shape index (κ2) is 15.7. The van der Waals surface area contributed by atoms with Gasteiger partial charge in [0.1, 0.15) is 5.76 Å². The van der Waals surface area contributed by atoms with Gasteiger partial charge in [-0.15, -0.1) is 6.58 Å². The summed E-state index contributed by atoms with van der Waals surface area (Å²) in [6.07, 6.45) is 19.0. The Bertz CT molecular complexity index is 1000. The van der Waals surface area contributed by atoms with Gasteiger partial charge in [-0.25, -0.2) is 0 Å². The van der Waals surface area contributed by atoms with E-state index in [0.29, 0.717) is 17.8 Å². The van der Waals surface area contributed by atoms with Crippen LogP contribution in [0.5, 0.6) is 0 Å². The number of nitrogens with zero attached hydrogens (tertiary/aromatic N) is 1. The first kappa shape index (κ1) is 34.2. The van der Waals surface area contributed by atoms with Gasteiger partial charge in [0, 0.05) is 19.7 Å². The molecule has 218 valence electrons. The molecule has 0 saturated heterocycles. The molecule has 0 aromatic carbocycles. The Morgan fingerprint density at radius 2 is 1.82 bits per heavy atom. The van der Waals surface area contributed by atoms with E-state index in [-0.39, 0.29) is 28.4 Å². The summed E-state index contributed by atoms with van der Waals surface area (Å²) in [5.41, 5.74) is 1.42. The fourth-order valence-corrected chi connectivity index (χ4v) is 5.12. The maximum Gasteiger partial charge on any atom is 0.256 e. The zero-order valence-electron chi connectivity index (χ0n) is 25.9. The Morgan fingerprint density at radius 1 is 1.18 bits per heavy atom. The van der Waals surface area contributed by atoms with Crippen LogP contribution in [0.25, 0.3) is 0 Å². The third-order valence-electron chi connectivity index (χ3n) is 8.16. The van der Waals surface area contributed by atoms with Gasteiger partial charge in [-0.1, -0.05) is 103 Å². The van der Waals surface area contributed by atoms with Crippen molar-refractivity contribution in [2.45, 2.75) is 93.5 Å². The molecule has 0 radical (unpaired) electrons. The SMILES string of the molecule is C=CC(/C=C(/O)CC(C[C@H](C)CC(C)(CC)CC)C(C)(C)C)NC(=O)C(C=NC)=C(O)C1C=CC=CC(C)=C1. The molecule has 39 heavy (non-hydrogen) atoms. The number of amides is 1. The lowest BCUT2D eigenvalue weighted by Gasteiger charge is -2.36. The van der Waals surface area contributed by atoms with Gasteiger partial charge in [-0.05, 0) is 48.5 Å². The Kier molecular flexibility index (Phi) is 13.8. The minimum Gasteiger partial charge on any atom is -0.513 e. The zero-order valence-corrected chi connectivity index (χ0v) is 25.9. The number of carbonyl (C=O) groups is 1. The topological polar surface area (TPSA) is 81.9 Å². The van der Waals surface area contributed by atoms with Crippen LogP contribution in [0.3, 0.4) is 0 Å². The summed E-state index contributed by atoms with van der Waals surface area (Å²) in [5.74, 6) is 0.0412. The van der Waals surface area contributed by atoms with Crippen LogP contribution in [0.2, 0.25) is 0 Å². The average Bonchev–Trinajstić information content (AvgIpc) is 3.09. The van der Waals surface area contributed by atoms with Crippen molar-refractivity contribution in [3.8, 4) is 0 Å². The van der Waals surface area contributed by atoms with Crippen molar-refractivity contribution in [2.75, 3.05) is 7.05 Å². The average molecular weight is 539 g/mol. The predicted octanol–water partition coefficient (Wildman–Crippen LogP) is 8.60. The van der Waals surface area contributed by atoms with Crippen molar-refractivity contribution >= 4 is 12.1 Å². The van der Waals surface area contributed by atoms with Crippen LogP contribution in [-0.2, 0) is 4.79 Å². The molecule has 0 saturated carbocycles. The smallest absolute Gasteiger partial charge is 0.256 e. The Morgan fingerprint density at radius 3 is 2.36 bits per heavy atom. The zero-order chi connectivity index (χ0) is 29.8. The Balaban J connectivity index is 3.10. The molecular weight excluding hydrogens is 484 g/mol. The highest BCUT2D eigenvalue weighted by molar-refractivity contribution is 6.12. The van der Waals surface area contributed by atoms with E-state index in [1.165, 1.54) is 25.5 Å². The fourth-order valence-electron chi connectivity index (χ4n) is 5.12. The summed E-state index contributed by atoms with van der Waals surface area (Å²) in [7, 11) is 1.56. The summed E-state index contributed by atoms with van der Waals surface area (Å²) in [6, 6.07) is -0.601. The minimum absolute atomic E-state index is 0.0177. The van der Waals surface area contributed by atoms with Gasteiger partial charge >= 0.3 is 0 Å². The summed E-state index contributed by atoms with van der Waals surface area (Å²) in [5, 5.41) is 24.8. The highest BCUT2D eigenvalue weighted by atomic mass is 16.3. The van der Waals surface area contributed by atoms with Crippen LogP contribution in [0.4, 0.5) is 0 Å². The number of aliphatic hydroxyl groups excluding tert-OH is 2. The lowest BCUT2D eigenvalue weighted by atomic mass is 9.70. The molecule has 0 heterocycles. The molecule has 0 aromatic rings. The van der Waals surface area contributed by atoms with Crippen molar-refractivity contribution in [1.29, 1.82) is 0 Å². The van der Waals surface area contributed by atoms with E-state index in [1.807, 2.05) is 37.3 Å². The molecule has 4 atom stereocenters. The first-order valence-corrected chi connectivity index (χ1v) is 14.4. The van der Waals surface area contributed by atoms with E-state index in [0.717, 1.165) is 12.0 Å². The standard InChI is InChI=1S/C34H54N2O3/c1-11-28(36-32(39)30(23-35-10)31(38)26-17-15-14-16-24(4)18-26)21-29(37)20-27(33(6,7)8)19-25(5)22-34(9,12-2)13-3/h11,14-18,21,23,25-28,37-38H,1,12-13,19-20,22H2,2-10H3,(H,36,39)/b29-21+,31-30?,35-23?/t25-,26?,27?,28?/m0/s1. The van der Waals surface area contributed by atoms with Crippen LogP contribution in [-0.4, -0.2) is 35.4 Å². The maximum atomic E-state index is 13.2. The van der Waals surface area contributed by atoms with E-state index < -0.39 is 17.9 Å². The normalized spacial score (nSPS) is 19.7. The Hall–Kier alpha value is -2.82. The molecule has 3 unspecified atom stereocenters. The molecule has 3 N–H and O–H groups in total. The molecule has 0 bridgehead atoms. The van der Waals surface area contributed by atoms with Gasteiger partial charge in [0.25, 0.3) is 5.91 Å². The van der Waals surface area contributed by atoms with E-state index in [1.54, 1.807) is 19.2 Å². The number of aliphatic hydroxyl groups is 2. The van der Waals surface area contributed by atoms with Gasteiger partial charge in [-0.2, -0.15) is 0 Å². The van der Waals surface area contributed by atoms with Crippen molar-refractivity contribution in [2.24, 2.45) is 33.6 Å². The predicted molar refractivity (Wildman–Crippen MR) is 167 cm³/mol. The molecule has 1 rings (SSSR count). The molecular formula is C34H54N2O3. The van der Waals surface area contributed by atoms with Gasteiger partial charge in [0.05, 0.1) is 23.3 Å². The minimum atomic E-state index is -0.601. The molecule has 0 aliphatic heterocycles. The molecule has 1 amide bonds. The number of allylic oxidation sites excluding steroid dienone is 6. The first-order chi connectivity index (χ1) is 18.2. The van der Waals surface area contributed by atoms with Gasteiger partial charge < -0.3 is 15.5 Å². The van der Waals surface area contributed by atoms with Gasteiger partial charge in [0.15, 0.2) is 0 Å². The summed E-state index contributed by atoms with van der Waals surface area (Å²) in [4.78, 5) is 17.2. The lowest BCUT2D eigenvalue weighted by Crippen LogP contribution is -2.35. The van der Waals surface area contributed by atoms with Crippen LogP contribution in [0.1, 0.15) is 87.5 Å². The lowest BCUT2D eigenvalue weighted by molar-refractivity contribution is -0.117. The highest BCUT2D eigenvalue weighted by Gasteiger charge is 2.30. The van der Waals surface area contributed by atoms with Crippen molar-refractivity contribution < 1.29 is 15.0 Å². The highest BCUT2D eigenvalue weighted by Crippen LogP contribution is 2.40. The molecule has 1 aliphatic carbocycles. The molecule has 0 fully saturated rings. The largest absolute Gasteiger partial charge is 0.513 e. The third-order valence-corrected chi connectivity index (χ3v) is 8.16. The van der Waals surface area contributed by atoms with Gasteiger partial charge in [0.2, 0.25) is 0 Å². The van der Waals surface area contributed by atoms with Gasteiger partial charge in [-0.3, -0.25) is 9.79 Å². The second-order valence-electron chi connectivity index (χ2n) is 12.6. The third kappa shape index (κ3) is 11.4. The molecule has 1 aliphatic rings. The summed E-state index contributed by atoms with van der Waals surface area (Å²) in [6.45, 7) is 21.7. The molecule has 0 aromatic heterocycles. The number of rotatable bonds is 14. The quantitative estimate of drug-likeness (QED) is 0.0896. The molecule has 5 nitrogen and oxygen atoms in total. The van der Waals surface area contributed by atoms with E-state index in [2.05, 4.69) is 65.4 Å². The van der Waals surface area contributed by atoms with Crippen LogP contribution < -0.4 is 5.32 Å². The van der Waals surface area contributed by atoms with E-state index in [9.17, 15) is 15.0 Å². The van der Waals surface area contributed by atoms with Crippen LogP contribution >= 0.6 is 0 Å².